The molecule has 3 heterocycles. The number of ether oxygens (including phenoxy) is 1. The average Bonchev–Trinajstić information content (AvgIpc) is 3.25. The minimum absolute atomic E-state index is 0.134. The molecular formula is C27H28F4N4O3. The highest BCUT2D eigenvalue weighted by atomic mass is 19.4. The molecular weight excluding hydrogens is 504 g/mol. The predicted octanol–water partition coefficient (Wildman–Crippen LogP) is 3.37. The smallest absolute Gasteiger partial charge is 0.364 e. The SMILES string of the molecule is CN1CCC2(CC1)OCc1c2c(=O)n(C[C@H](N)c2ccccc2)c(=O)n1Cc1c(F)cccc1C(F)(F)F. The molecule has 2 aromatic carbocycles. The molecule has 1 saturated heterocycles. The number of nitrogens with two attached hydrogens (primary N) is 1. The fourth-order valence-electron chi connectivity index (χ4n) is 5.47. The molecule has 5 rings (SSSR count). The number of benzene rings is 2. The van der Waals surface area contributed by atoms with Crippen molar-refractivity contribution in [3.05, 3.63) is 103 Å². The van der Waals surface area contributed by atoms with Crippen molar-refractivity contribution in [2.24, 2.45) is 5.73 Å². The van der Waals surface area contributed by atoms with Gasteiger partial charge in [-0.1, -0.05) is 36.4 Å². The summed E-state index contributed by atoms with van der Waals surface area (Å²) in [5.74, 6) is -1.09. The molecule has 0 aliphatic carbocycles. The third-order valence-electron chi connectivity index (χ3n) is 7.62. The van der Waals surface area contributed by atoms with Crippen molar-refractivity contribution in [2.75, 3.05) is 20.1 Å². The molecule has 38 heavy (non-hydrogen) atoms. The lowest BCUT2D eigenvalue weighted by atomic mass is 9.85. The summed E-state index contributed by atoms with van der Waals surface area (Å²) in [6.07, 6.45) is -3.88. The van der Waals surface area contributed by atoms with Gasteiger partial charge in [0.2, 0.25) is 0 Å². The van der Waals surface area contributed by atoms with E-state index in [1.165, 1.54) is 0 Å². The summed E-state index contributed by atoms with van der Waals surface area (Å²) in [7, 11) is 1.94. The number of halogens is 4. The second kappa shape index (κ2) is 9.79. The van der Waals surface area contributed by atoms with E-state index in [0.29, 0.717) is 31.5 Å². The van der Waals surface area contributed by atoms with Crippen molar-refractivity contribution in [3.63, 3.8) is 0 Å². The largest absolute Gasteiger partial charge is 0.416 e. The molecule has 3 aromatic rings. The number of hydrogen-bond acceptors (Lipinski definition) is 5. The number of rotatable bonds is 5. The normalized spacial score (nSPS) is 18.1. The van der Waals surface area contributed by atoms with Crippen LogP contribution in [0.25, 0.3) is 0 Å². The first-order valence-electron chi connectivity index (χ1n) is 12.4. The van der Waals surface area contributed by atoms with Crippen LogP contribution in [0.5, 0.6) is 0 Å². The number of nitrogens with zero attached hydrogens (tertiary/aromatic N) is 3. The van der Waals surface area contributed by atoms with Crippen LogP contribution in [-0.2, 0) is 36.2 Å². The van der Waals surface area contributed by atoms with Crippen LogP contribution >= 0.6 is 0 Å². The quantitative estimate of drug-likeness (QED) is 0.510. The minimum Gasteiger partial charge on any atom is -0.364 e. The van der Waals surface area contributed by atoms with E-state index in [2.05, 4.69) is 4.90 Å². The van der Waals surface area contributed by atoms with Gasteiger partial charge < -0.3 is 15.4 Å². The van der Waals surface area contributed by atoms with Crippen LogP contribution in [0.4, 0.5) is 17.6 Å². The number of aromatic nitrogens is 2. The summed E-state index contributed by atoms with van der Waals surface area (Å²) in [4.78, 5) is 29.7. The van der Waals surface area contributed by atoms with E-state index in [0.717, 1.165) is 27.3 Å². The zero-order valence-electron chi connectivity index (χ0n) is 20.8. The summed E-state index contributed by atoms with van der Waals surface area (Å²) in [6.45, 7) is 0.224. The lowest BCUT2D eigenvalue weighted by molar-refractivity contribution is -0.138. The van der Waals surface area contributed by atoms with E-state index in [1.807, 2.05) is 7.05 Å². The maximum absolute atomic E-state index is 14.8. The Labute approximate surface area is 216 Å². The fourth-order valence-corrected chi connectivity index (χ4v) is 5.47. The van der Waals surface area contributed by atoms with Crippen molar-refractivity contribution in [1.82, 2.24) is 14.0 Å². The van der Waals surface area contributed by atoms with Crippen LogP contribution in [0.1, 0.15) is 46.8 Å². The van der Waals surface area contributed by atoms with Gasteiger partial charge in [-0.25, -0.2) is 9.18 Å². The van der Waals surface area contributed by atoms with Crippen LogP contribution in [0.15, 0.2) is 58.1 Å². The van der Waals surface area contributed by atoms with Gasteiger partial charge >= 0.3 is 11.9 Å². The van der Waals surface area contributed by atoms with Crippen LogP contribution < -0.4 is 17.0 Å². The van der Waals surface area contributed by atoms with E-state index in [9.17, 15) is 27.2 Å². The lowest BCUT2D eigenvalue weighted by Crippen LogP contribution is -2.49. The Morgan fingerprint density at radius 2 is 1.71 bits per heavy atom. The average molecular weight is 533 g/mol. The molecule has 1 spiro atoms. The van der Waals surface area contributed by atoms with Crippen LogP contribution in [0.2, 0.25) is 0 Å². The Hall–Kier alpha value is -3.28. The van der Waals surface area contributed by atoms with Crippen molar-refractivity contribution in [3.8, 4) is 0 Å². The molecule has 7 nitrogen and oxygen atoms in total. The number of likely N-dealkylation sites (tertiary alicyclic amines) is 1. The summed E-state index contributed by atoms with van der Waals surface area (Å²) >= 11 is 0. The molecule has 11 heteroatoms. The Balaban J connectivity index is 1.69. The Morgan fingerprint density at radius 3 is 2.37 bits per heavy atom. The number of fused-ring (bicyclic) bond motifs is 2. The monoisotopic (exact) mass is 532 g/mol. The maximum atomic E-state index is 14.8. The number of hydrogen-bond donors (Lipinski definition) is 1. The highest BCUT2D eigenvalue weighted by molar-refractivity contribution is 5.35. The highest BCUT2D eigenvalue weighted by Crippen LogP contribution is 2.42. The first-order chi connectivity index (χ1) is 18.0. The molecule has 0 unspecified atom stereocenters. The molecule has 0 bridgehead atoms. The first-order valence-corrected chi connectivity index (χ1v) is 12.4. The molecule has 0 saturated carbocycles. The van der Waals surface area contributed by atoms with Gasteiger partial charge in [0.05, 0.1) is 36.5 Å². The Kier molecular flexibility index (Phi) is 6.79. The van der Waals surface area contributed by atoms with Crippen LogP contribution in [0.3, 0.4) is 0 Å². The topological polar surface area (TPSA) is 82.5 Å². The van der Waals surface area contributed by atoms with Crippen LogP contribution in [-0.4, -0.2) is 34.2 Å². The first kappa shape index (κ1) is 26.3. The van der Waals surface area contributed by atoms with E-state index < -0.39 is 52.6 Å². The highest BCUT2D eigenvalue weighted by Gasteiger charge is 2.47. The van der Waals surface area contributed by atoms with Crippen molar-refractivity contribution in [1.29, 1.82) is 0 Å². The lowest BCUT2D eigenvalue weighted by Gasteiger charge is -2.37. The summed E-state index contributed by atoms with van der Waals surface area (Å²) in [6, 6.07) is 10.8. The zero-order chi connectivity index (χ0) is 27.2. The van der Waals surface area contributed by atoms with Crippen molar-refractivity contribution >= 4 is 0 Å². The summed E-state index contributed by atoms with van der Waals surface area (Å²) in [5.41, 5.74) is 3.21. The van der Waals surface area contributed by atoms with Gasteiger partial charge in [-0.3, -0.25) is 13.9 Å². The maximum Gasteiger partial charge on any atom is 0.416 e. The van der Waals surface area contributed by atoms with E-state index >= 15 is 0 Å². The summed E-state index contributed by atoms with van der Waals surface area (Å²) < 4.78 is 64.3. The summed E-state index contributed by atoms with van der Waals surface area (Å²) in [5, 5.41) is 0. The zero-order valence-corrected chi connectivity index (χ0v) is 20.8. The van der Waals surface area contributed by atoms with E-state index in [-0.39, 0.29) is 24.4 Å². The van der Waals surface area contributed by atoms with Crippen molar-refractivity contribution in [2.45, 2.75) is 50.4 Å². The molecule has 0 radical (unpaired) electrons. The van der Waals surface area contributed by atoms with Crippen molar-refractivity contribution < 1.29 is 22.3 Å². The van der Waals surface area contributed by atoms with Crippen LogP contribution in [0, 0.1) is 5.82 Å². The van der Waals surface area contributed by atoms with Gasteiger partial charge in [0.25, 0.3) is 5.56 Å². The van der Waals surface area contributed by atoms with Gasteiger partial charge in [-0.05, 0) is 37.6 Å². The molecule has 2 aliphatic rings. The van der Waals surface area contributed by atoms with E-state index in [4.69, 9.17) is 10.5 Å². The molecule has 1 atom stereocenters. The second-order valence-electron chi connectivity index (χ2n) is 9.97. The number of alkyl halides is 3. The van der Waals surface area contributed by atoms with Gasteiger partial charge in [-0.2, -0.15) is 13.2 Å². The van der Waals surface area contributed by atoms with Gasteiger partial charge in [0.1, 0.15) is 11.4 Å². The molecule has 2 N–H and O–H groups in total. The standard InChI is InChI=1S/C27H28F4N4O3/c1-33-12-10-26(11-13-33)23-22(16-38-26)34(14-18-19(27(29,30)31)8-5-9-20(18)28)25(37)35(24(23)36)15-21(32)17-6-3-2-4-7-17/h2-9,21H,10-16,32H2,1H3/t21-/m0/s1. The van der Waals surface area contributed by atoms with Gasteiger partial charge in [-0.15, -0.1) is 0 Å². The van der Waals surface area contributed by atoms with E-state index in [1.54, 1.807) is 30.3 Å². The molecule has 202 valence electrons. The molecule has 1 fully saturated rings. The third kappa shape index (κ3) is 4.59. The van der Waals surface area contributed by atoms with Gasteiger partial charge in [0, 0.05) is 24.7 Å². The second-order valence-corrected chi connectivity index (χ2v) is 9.97. The molecule has 1 aromatic heterocycles. The predicted molar refractivity (Wildman–Crippen MR) is 132 cm³/mol. The van der Waals surface area contributed by atoms with Gasteiger partial charge in [0.15, 0.2) is 0 Å². The third-order valence-corrected chi connectivity index (χ3v) is 7.62. The Morgan fingerprint density at radius 1 is 1.03 bits per heavy atom. The molecule has 2 aliphatic heterocycles. The minimum atomic E-state index is -4.83. The molecule has 0 amide bonds. The Bertz CT molecular complexity index is 1460. The number of piperidine rings is 1. The fraction of sp³-hybridized carbons (Fsp3) is 0.407.